The smallest absolute Gasteiger partial charge is 0.297 e. The second-order valence-electron chi connectivity index (χ2n) is 5.82. The van der Waals surface area contributed by atoms with Gasteiger partial charge in [-0.3, -0.25) is 9.36 Å². The topological polar surface area (TPSA) is 58.7 Å². The molecule has 2 heterocycles. The molecule has 3 aromatic rings. The summed E-state index contributed by atoms with van der Waals surface area (Å²) in [7, 11) is 0. The van der Waals surface area contributed by atoms with Gasteiger partial charge < -0.3 is 0 Å². The third-order valence-electron chi connectivity index (χ3n) is 4.22. The van der Waals surface area contributed by atoms with E-state index in [1.54, 1.807) is 30.3 Å². The van der Waals surface area contributed by atoms with E-state index < -0.39 is 11.8 Å². The van der Waals surface area contributed by atoms with Gasteiger partial charge in [-0.15, -0.1) is 0 Å². The molecular weight excluding hydrogens is 332 g/mol. The number of hydrogen-bond donors (Lipinski definition) is 0. The predicted octanol–water partition coefficient (Wildman–Crippen LogP) is 3.65. The Morgan fingerprint density at radius 1 is 1.33 bits per heavy atom. The Bertz CT molecular complexity index is 1050. The quantitative estimate of drug-likeness (QED) is 0.729. The highest BCUT2D eigenvalue weighted by Crippen LogP contribution is 2.49. The number of nitrogens with zero attached hydrogens (tertiary/aromatic N) is 3. The molecule has 1 unspecified atom stereocenters. The van der Waals surface area contributed by atoms with Crippen molar-refractivity contribution >= 4 is 21.7 Å². The van der Waals surface area contributed by atoms with Crippen molar-refractivity contribution in [1.82, 2.24) is 9.55 Å². The Labute approximate surface area is 139 Å². The number of aromatic nitrogens is 2. The maximum absolute atomic E-state index is 13.1. The highest BCUT2D eigenvalue weighted by atomic mass is 32.1. The SMILES string of the molecule is N#Cc1ccccc1-c1ccc2c(n1)sc(=O)n2CC1CC1(F)F. The van der Waals surface area contributed by atoms with E-state index >= 15 is 0 Å². The number of thiazole rings is 1. The summed E-state index contributed by atoms with van der Waals surface area (Å²) < 4.78 is 27.6. The number of fused-ring (bicyclic) bond motifs is 1. The Morgan fingerprint density at radius 3 is 2.79 bits per heavy atom. The van der Waals surface area contributed by atoms with Crippen LogP contribution in [-0.4, -0.2) is 15.5 Å². The lowest BCUT2D eigenvalue weighted by Crippen LogP contribution is -2.15. The summed E-state index contributed by atoms with van der Waals surface area (Å²) in [6.45, 7) is 0.0155. The average Bonchev–Trinajstić information content (AvgIpc) is 3.06. The van der Waals surface area contributed by atoms with E-state index in [4.69, 9.17) is 0 Å². The molecule has 0 aliphatic heterocycles. The van der Waals surface area contributed by atoms with E-state index in [2.05, 4.69) is 11.1 Å². The third kappa shape index (κ3) is 2.39. The molecule has 1 fully saturated rings. The molecular formula is C17H11F2N3OS. The van der Waals surface area contributed by atoms with E-state index in [9.17, 15) is 18.8 Å². The van der Waals surface area contributed by atoms with Gasteiger partial charge in [0.25, 0.3) is 5.92 Å². The van der Waals surface area contributed by atoms with Crippen LogP contribution < -0.4 is 4.87 Å². The predicted molar refractivity (Wildman–Crippen MR) is 87.1 cm³/mol. The van der Waals surface area contributed by atoms with Crippen molar-refractivity contribution in [3.63, 3.8) is 0 Å². The summed E-state index contributed by atoms with van der Waals surface area (Å²) in [4.78, 5) is 16.8. The summed E-state index contributed by atoms with van der Waals surface area (Å²) in [5.74, 6) is -3.43. The van der Waals surface area contributed by atoms with Crippen LogP contribution in [0.2, 0.25) is 0 Å². The molecule has 0 amide bonds. The van der Waals surface area contributed by atoms with Crippen molar-refractivity contribution in [3.8, 4) is 17.3 Å². The molecule has 1 aromatic carbocycles. The average molecular weight is 343 g/mol. The molecule has 1 aliphatic carbocycles. The molecule has 0 radical (unpaired) electrons. The molecule has 1 aliphatic rings. The number of hydrogen-bond acceptors (Lipinski definition) is 4. The van der Waals surface area contributed by atoms with Crippen molar-refractivity contribution in [2.75, 3.05) is 0 Å². The highest BCUT2D eigenvalue weighted by Gasteiger charge is 2.56. The zero-order valence-corrected chi connectivity index (χ0v) is 13.2. The minimum atomic E-state index is -2.66. The van der Waals surface area contributed by atoms with Gasteiger partial charge in [0.2, 0.25) is 0 Å². The fourth-order valence-electron chi connectivity index (χ4n) is 2.76. The summed E-state index contributed by atoms with van der Waals surface area (Å²) in [5.41, 5.74) is 2.33. The number of pyridine rings is 1. The minimum absolute atomic E-state index is 0.0155. The van der Waals surface area contributed by atoms with Crippen molar-refractivity contribution in [1.29, 1.82) is 5.26 Å². The Hall–Kier alpha value is -2.59. The van der Waals surface area contributed by atoms with Gasteiger partial charge in [0, 0.05) is 24.4 Å². The second-order valence-corrected chi connectivity index (χ2v) is 6.76. The molecule has 0 saturated heterocycles. The summed E-state index contributed by atoms with van der Waals surface area (Å²) >= 11 is 0.939. The van der Waals surface area contributed by atoms with Crippen LogP contribution in [0.15, 0.2) is 41.2 Å². The molecule has 4 rings (SSSR count). The van der Waals surface area contributed by atoms with E-state index in [-0.39, 0.29) is 17.8 Å². The second kappa shape index (κ2) is 5.21. The molecule has 24 heavy (non-hydrogen) atoms. The zero-order valence-electron chi connectivity index (χ0n) is 12.4. The lowest BCUT2D eigenvalue weighted by atomic mass is 10.1. The lowest BCUT2D eigenvalue weighted by Gasteiger charge is -2.05. The van der Waals surface area contributed by atoms with E-state index in [0.717, 1.165) is 11.3 Å². The number of halogens is 2. The van der Waals surface area contributed by atoms with Crippen molar-refractivity contribution < 1.29 is 8.78 Å². The van der Waals surface area contributed by atoms with Crippen LogP contribution in [-0.2, 0) is 6.54 Å². The molecule has 1 saturated carbocycles. The van der Waals surface area contributed by atoms with Gasteiger partial charge in [-0.1, -0.05) is 29.5 Å². The van der Waals surface area contributed by atoms with Crippen LogP contribution in [0.3, 0.4) is 0 Å². The standard InChI is InChI=1S/C17H11F2N3OS/c18-17(19)7-11(17)9-22-14-6-5-13(21-15(14)24-16(22)23)12-4-2-1-3-10(12)8-20/h1-6,11H,7,9H2. The van der Waals surface area contributed by atoms with Gasteiger partial charge in [-0.25, -0.2) is 13.8 Å². The first kappa shape index (κ1) is 15.0. The van der Waals surface area contributed by atoms with Crippen LogP contribution in [0.25, 0.3) is 21.6 Å². The molecule has 0 bridgehead atoms. The number of alkyl halides is 2. The maximum Gasteiger partial charge on any atom is 0.309 e. The number of rotatable bonds is 3. The first-order valence-electron chi connectivity index (χ1n) is 7.37. The van der Waals surface area contributed by atoms with E-state index in [1.165, 1.54) is 4.57 Å². The Morgan fingerprint density at radius 2 is 2.08 bits per heavy atom. The van der Waals surface area contributed by atoms with Gasteiger partial charge >= 0.3 is 4.87 Å². The van der Waals surface area contributed by atoms with Gasteiger partial charge in [0.1, 0.15) is 4.83 Å². The first-order valence-corrected chi connectivity index (χ1v) is 8.19. The maximum atomic E-state index is 13.1. The molecule has 7 heteroatoms. The van der Waals surface area contributed by atoms with Crippen molar-refractivity contribution in [2.45, 2.75) is 18.9 Å². The number of benzene rings is 1. The van der Waals surface area contributed by atoms with Crippen LogP contribution in [0.5, 0.6) is 0 Å². The Kier molecular flexibility index (Phi) is 3.25. The molecule has 0 spiro atoms. The zero-order chi connectivity index (χ0) is 16.9. The van der Waals surface area contributed by atoms with Crippen molar-refractivity contribution in [2.24, 2.45) is 5.92 Å². The van der Waals surface area contributed by atoms with E-state index in [0.29, 0.717) is 27.2 Å². The molecule has 120 valence electrons. The van der Waals surface area contributed by atoms with Crippen LogP contribution in [0.1, 0.15) is 12.0 Å². The molecule has 1 atom stereocenters. The van der Waals surface area contributed by atoms with Crippen molar-refractivity contribution in [3.05, 3.63) is 51.6 Å². The van der Waals surface area contributed by atoms with Crippen LogP contribution >= 0.6 is 11.3 Å². The molecule has 0 N–H and O–H groups in total. The van der Waals surface area contributed by atoms with Gasteiger partial charge in [0.15, 0.2) is 0 Å². The highest BCUT2D eigenvalue weighted by molar-refractivity contribution is 7.16. The van der Waals surface area contributed by atoms with Crippen LogP contribution in [0.4, 0.5) is 8.78 Å². The summed E-state index contributed by atoms with van der Waals surface area (Å²) in [6.07, 6.45) is -0.169. The Balaban J connectivity index is 1.78. The van der Waals surface area contributed by atoms with Gasteiger partial charge in [-0.05, 0) is 18.2 Å². The van der Waals surface area contributed by atoms with Gasteiger partial charge in [0.05, 0.1) is 22.8 Å². The molecule has 2 aromatic heterocycles. The molecule has 4 nitrogen and oxygen atoms in total. The number of nitriles is 1. The fraction of sp³-hybridized carbons (Fsp3) is 0.235. The lowest BCUT2D eigenvalue weighted by molar-refractivity contribution is 0.0953. The minimum Gasteiger partial charge on any atom is -0.297 e. The van der Waals surface area contributed by atoms with Gasteiger partial charge in [-0.2, -0.15) is 5.26 Å². The summed E-state index contributed by atoms with van der Waals surface area (Å²) in [5, 5.41) is 9.20. The largest absolute Gasteiger partial charge is 0.309 e. The van der Waals surface area contributed by atoms with Crippen LogP contribution in [0, 0.1) is 17.2 Å². The third-order valence-corrected chi connectivity index (χ3v) is 5.11. The fourth-order valence-corrected chi connectivity index (χ4v) is 3.64. The summed E-state index contributed by atoms with van der Waals surface area (Å²) in [6, 6.07) is 12.6. The monoisotopic (exact) mass is 343 g/mol. The van der Waals surface area contributed by atoms with E-state index in [1.807, 2.05) is 6.07 Å². The normalized spacial score (nSPS) is 18.5. The first-order chi connectivity index (χ1) is 11.5.